The lowest BCUT2D eigenvalue weighted by Crippen LogP contribution is -2.30. The van der Waals surface area contributed by atoms with Crippen molar-refractivity contribution in [2.75, 3.05) is 5.32 Å². The van der Waals surface area contributed by atoms with Gasteiger partial charge in [0.2, 0.25) is 5.91 Å². The molecule has 1 aromatic heterocycles. The standard InChI is InChI=1S/C21H21N3O3/c25-20(14-6-3-7-15(11-14)21(26)27)22-16-8-4-5-13(12-16)19-23-17-9-1-2-10-18(17)24-19/h1-2,4-5,8-10,12,14-15H,3,6-7,11H2,(H,22,25)(H,23,24)(H,26,27). The molecule has 138 valence electrons. The van der Waals surface area contributed by atoms with E-state index in [2.05, 4.69) is 15.3 Å². The van der Waals surface area contributed by atoms with E-state index in [4.69, 9.17) is 0 Å². The van der Waals surface area contributed by atoms with Gasteiger partial charge in [-0.3, -0.25) is 9.59 Å². The van der Waals surface area contributed by atoms with Gasteiger partial charge in [0, 0.05) is 17.2 Å². The summed E-state index contributed by atoms with van der Waals surface area (Å²) >= 11 is 0. The highest BCUT2D eigenvalue weighted by atomic mass is 16.4. The van der Waals surface area contributed by atoms with Crippen molar-refractivity contribution in [2.45, 2.75) is 25.7 Å². The number of anilines is 1. The zero-order valence-corrected chi connectivity index (χ0v) is 14.8. The van der Waals surface area contributed by atoms with Crippen LogP contribution in [0.4, 0.5) is 5.69 Å². The molecule has 2 aromatic carbocycles. The predicted octanol–water partition coefficient (Wildman–Crippen LogP) is 4.06. The number of amides is 1. The highest BCUT2D eigenvalue weighted by Gasteiger charge is 2.31. The highest BCUT2D eigenvalue weighted by Crippen LogP contribution is 2.30. The zero-order valence-electron chi connectivity index (χ0n) is 14.8. The Labute approximate surface area is 156 Å². The molecule has 0 spiro atoms. The third-order valence-electron chi connectivity index (χ3n) is 5.19. The summed E-state index contributed by atoms with van der Waals surface area (Å²) in [5.41, 5.74) is 3.43. The van der Waals surface area contributed by atoms with Crippen molar-refractivity contribution in [3.63, 3.8) is 0 Å². The second-order valence-corrected chi connectivity index (χ2v) is 7.07. The number of imidazole rings is 1. The van der Waals surface area contributed by atoms with Gasteiger partial charge in [0.25, 0.3) is 0 Å². The van der Waals surface area contributed by atoms with E-state index >= 15 is 0 Å². The molecule has 1 amide bonds. The average Bonchev–Trinajstić information content (AvgIpc) is 3.12. The van der Waals surface area contributed by atoms with Crippen molar-refractivity contribution < 1.29 is 14.7 Å². The lowest BCUT2D eigenvalue weighted by Gasteiger charge is -2.25. The number of carbonyl (C=O) groups is 2. The number of nitrogens with zero attached hydrogens (tertiary/aromatic N) is 1. The molecule has 0 aliphatic heterocycles. The predicted molar refractivity (Wildman–Crippen MR) is 103 cm³/mol. The van der Waals surface area contributed by atoms with Crippen molar-refractivity contribution >= 4 is 28.6 Å². The third-order valence-corrected chi connectivity index (χ3v) is 5.19. The Balaban J connectivity index is 1.50. The quantitative estimate of drug-likeness (QED) is 0.651. The molecule has 6 heteroatoms. The minimum atomic E-state index is -0.806. The Morgan fingerprint density at radius 2 is 1.89 bits per heavy atom. The number of aromatic amines is 1. The van der Waals surface area contributed by atoms with E-state index in [9.17, 15) is 14.7 Å². The van der Waals surface area contributed by atoms with Crippen LogP contribution in [0.2, 0.25) is 0 Å². The monoisotopic (exact) mass is 363 g/mol. The number of carboxylic acids is 1. The van der Waals surface area contributed by atoms with E-state index in [1.165, 1.54) is 0 Å². The van der Waals surface area contributed by atoms with Crippen LogP contribution in [0.25, 0.3) is 22.4 Å². The maximum Gasteiger partial charge on any atom is 0.306 e. The van der Waals surface area contributed by atoms with Crippen molar-refractivity contribution in [3.05, 3.63) is 48.5 Å². The zero-order chi connectivity index (χ0) is 18.8. The Kier molecular flexibility index (Phi) is 4.62. The van der Waals surface area contributed by atoms with Crippen LogP contribution in [0.5, 0.6) is 0 Å². The molecule has 1 saturated carbocycles. The second-order valence-electron chi connectivity index (χ2n) is 7.07. The molecule has 4 rings (SSSR count). The number of para-hydroxylation sites is 2. The maximum absolute atomic E-state index is 12.6. The lowest BCUT2D eigenvalue weighted by molar-refractivity contribution is -0.143. The van der Waals surface area contributed by atoms with Crippen molar-refractivity contribution in [2.24, 2.45) is 11.8 Å². The third kappa shape index (κ3) is 3.69. The summed E-state index contributed by atoms with van der Waals surface area (Å²) in [6.45, 7) is 0. The van der Waals surface area contributed by atoms with Crippen LogP contribution >= 0.6 is 0 Å². The van der Waals surface area contributed by atoms with Gasteiger partial charge in [0.05, 0.1) is 17.0 Å². The largest absolute Gasteiger partial charge is 0.481 e. The molecule has 3 aromatic rings. The van der Waals surface area contributed by atoms with Crippen LogP contribution in [0.15, 0.2) is 48.5 Å². The Morgan fingerprint density at radius 1 is 1.07 bits per heavy atom. The van der Waals surface area contributed by atoms with E-state index in [-0.39, 0.29) is 11.8 Å². The summed E-state index contributed by atoms with van der Waals surface area (Å²) in [5.74, 6) is -0.843. The molecule has 27 heavy (non-hydrogen) atoms. The number of carbonyl (C=O) groups excluding carboxylic acids is 1. The van der Waals surface area contributed by atoms with Gasteiger partial charge in [0.1, 0.15) is 5.82 Å². The maximum atomic E-state index is 12.6. The number of H-pyrrole nitrogens is 1. The molecule has 3 N–H and O–H groups in total. The Bertz CT molecular complexity index is 962. The van der Waals surface area contributed by atoms with Crippen molar-refractivity contribution in [1.82, 2.24) is 9.97 Å². The molecule has 1 fully saturated rings. The van der Waals surface area contributed by atoms with Crippen LogP contribution < -0.4 is 5.32 Å². The number of benzene rings is 2. The molecule has 0 saturated heterocycles. The number of aliphatic carboxylic acids is 1. The van der Waals surface area contributed by atoms with E-state index in [0.717, 1.165) is 35.3 Å². The number of rotatable bonds is 4. The van der Waals surface area contributed by atoms with Crippen LogP contribution in [0.1, 0.15) is 25.7 Å². The van der Waals surface area contributed by atoms with Gasteiger partial charge < -0.3 is 15.4 Å². The summed E-state index contributed by atoms with van der Waals surface area (Å²) in [6, 6.07) is 15.3. The lowest BCUT2D eigenvalue weighted by atomic mass is 9.81. The normalized spacial score (nSPS) is 19.7. The summed E-state index contributed by atoms with van der Waals surface area (Å²) in [4.78, 5) is 31.7. The van der Waals surface area contributed by atoms with E-state index in [0.29, 0.717) is 18.5 Å². The van der Waals surface area contributed by atoms with Crippen LogP contribution in [0, 0.1) is 11.8 Å². The molecule has 6 nitrogen and oxygen atoms in total. The van der Waals surface area contributed by atoms with Crippen molar-refractivity contribution in [1.29, 1.82) is 0 Å². The van der Waals surface area contributed by atoms with Crippen LogP contribution in [-0.4, -0.2) is 27.0 Å². The molecule has 0 bridgehead atoms. The first kappa shape index (κ1) is 17.3. The fraction of sp³-hybridized carbons (Fsp3) is 0.286. The molecule has 1 aliphatic rings. The molecular formula is C21H21N3O3. The van der Waals surface area contributed by atoms with Gasteiger partial charge >= 0.3 is 5.97 Å². The number of nitrogens with one attached hydrogen (secondary N) is 2. The van der Waals surface area contributed by atoms with Crippen molar-refractivity contribution in [3.8, 4) is 11.4 Å². The summed E-state index contributed by atoms with van der Waals surface area (Å²) in [5, 5.41) is 12.1. The first-order chi connectivity index (χ1) is 13.1. The number of hydrogen-bond acceptors (Lipinski definition) is 3. The number of carboxylic acid groups (broad SMARTS) is 1. The molecular weight excluding hydrogens is 342 g/mol. The van der Waals surface area contributed by atoms with Crippen LogP contribution in [-0.2, 0) is 9.59 Å². The smallest absolute Gasteiger partial charge is 0.306 e. The molecule has 1 heterocycles. The molecule has 2 atom stereocenters. The van der Waals surface area contributed by atoms with E-state index in [1.807, 2.05) is 48.5 Å². The van der Waals surface area contributed by atoms with E-state index < -0.39 is 11.9 Å². The molecule has 1 aliphatic carbocycles. The van der Waals surface area contributed by atoms with Gasteiger partial charge in [-0.25, -0.2) is 4.98 Å². The first-order valence-electron chi connectivity index (χ1n) is 9.19. The molecule has 2 unspecified atom stereocenters. The van der Waals surface area contributed by atoms with Gasteiger partial charge in [-0.05, 0) is 43.5 Å². The van der Waals surface area contributed by atoms with Gasteiger partial charge in [-0.2, -0.15) is 0 Å². The number of hydrogen-bond donors (Lipinski definition) is 3. The van der Waals surface area contributed by atoms with Crippen LogP contribution in [0.3, 0.4) is 0 Å². The van der Waals surface area contributed by atoms with Gasteiger partial charge in [-0.1, -0.05) is 30.7 Å². The number of aromatic nitrogens is 2. The minimum Gasteiger partial charge on any atom is -0.481 e. The SMILES string of the molecule is O=C(O)C1CCCC(C(=O)Nc2cccc(-c3nc4ccccc4[nH]3)c2)C1. The fourth-order valence-electron chi connectivity index (χ4n) is 3.73. The summed E-state index contributed by atoms with van der Waals surface area (Å²) in [6.07, 6.45) is 2.57. The van der Waals surface area contributed by atoms with Gasteiger partial charge in [0.15, 0.2) is 0 Å². The topological polar surface area (TPSA) is 95.1 Å². The number of fused-ring (bicyclic) bond motifs is 1. The first-order valence-corrected chi connectivity index (χ1v) is 9.19. The average molecular weight is 363 g/mol. The second kappa shape index (κ2) is 7.23. The molecule has 0 radical (unpaired) electrons. The van der Waals surface area contributed by atoms with Gasteiger partial charge in [-0.15, -0.1) is 0 Å². The Hall–Kier alpha value is -3.15. The highest BCUT2D eigenvalue weighted by molar-refractivity contribution is 5.93. The summed E-state index contributed by atoms with van der Waals surface area (Å²) < 4.78 is 0. The fourth-order valence-corrected chi connectivity index (χ4v) is 3.73. The van der Waals surface area contributed by atoms with E-state index in [1.54, 1.807) is 0 Å². The minimum absolute atomic E-state index is 0.109. The summed E-state index contributed by atoms with van der Waals surface area (Å²) in [7, 11) is 0. The Morgan fingerprint density at radius 3 is 2.70 bits per heavy atom.